The number of anilines is 2. The molecule has 208 valence electrons. The summed E-state index contributed by atoms with van der Waals surface area (Å²) in [7, 11) is 0. The van der Waals surface area contributed by atoms with Crippen molar-refractivity contribution >= 4 is 40.8 Å². The Morgan fingerprint density at radius 2 is 1.82 bits per heavy atom. The topological polar surface area (TPSA) is 97.9 Å². The number of amides is 4. The number of rotatable bonds is 6. The van der Waals surface area contributed by atoms with Gasteiger partial charge in [-0.1, -0.05) is 35.9 Å². The van der Waals surface area contributed by atoms with Gasteiger partial charge in [0.25, 0.3) is 5.91 Å². The summed E-state index contributed by atoms with van der Waals surface area (Å²) in [5.41, 5.74) is 3.89. The molecule has 2 aliphatic heterocycles. The molecule has 5 rings (SSSR count). The van der Waals surface area contributed by atoms with Crippen LogP contribution in [0.3, 0.4) is 0 Å². The molecule has 1 aromatic heterocycles. The molecule has 1 saturated heterocycles. The molecule has 2 aromatic carbocycles. The van der Waals surface area contributed by atoms with Gasteiger partial charge in [-0.3, -0.25) is 14.6 Å². The Hall–Kier alpha value is -4.11. The SMILES string of the molecule is C[C@@H]1CN(C(=O)c2ccc(N3CCCC3)cc2Cl)c2ccccc2CN1C(=O)NCC(=O)NCc1cccnc1. The summed E-state index contributed by atoms with van der Waals surface area (Å²) < 4.78 is 0. The molecule has 0 saturated carbocycles. The summed E-state index contributed by atoms with van der Waals surface area (Å²) in [6, 6.07) is 16.2. The highest BCUT2D eigenvalue weighted by molar-refractivity contribution is 6.35. The third-order valence-corrected chi connectivity index (χ3v) is 7.69. The Morgan fingerprint density at radius 3 is 2.58 bits per heavy atom. The van der Waals surface area contributed by atoms with Crippen molar-refractivity contribution in [2.24, 2.45) is 0 Å². The largest absolute Gasteiger partial charge is 0.371 e. The highest BCUT2D eigenvalue weighted by Crippen LogP contribution is 2.32. The lowest BCUT2D eigenvalue weighted by atomic mass is 10.1. The van der Waals surface area contributed by atoms with Crippen molar-refractivity contribution < 1.29 is 14.4 Å². The van der Waals surface area contributed by atoms with Crippen molar-refractivity contribution in [1.29, 1.82) is 0 Å². The first kappa shape index (κ1) is 27.5. The Balaban J connectivity index is 1.27. The second-order valence-electron chi connectivity index (χ2n) is 10.2. The molecule has 0 unspecified atom stereocenters. The number of nitrogens with zero attached hydrogens (tertiary/aromatic N) is 4. The number of carbonyl (C=O) groups excluding carboxylic acids is 3. The molecule has 0 spiro atoms. The monoisotopic (exact) mass is 560 g/mol. The van der Waals surface area contributed by atoms with Gasteiger partial charge in [-0.2, -0.15) is 0 Å². The number of nitrogens with one attached hydrogen (secondary N) is 2. The van der Waals surface area contributed by atoms with E-state index in [2.05, 4.69) is 20.5 Å². The molecule has 2 aliphatic rings. The van der Waals surface area contributed by atoms with Crippen LogP contribution in [0.1, 0.15) is 41.3 Å². The minimum atomic E-state index is -0.374. The van der Waals surface area contributed by atoms with Crippen LogP contribution in [0, 0.1) is 0 Å². The lowest BCUT2D eigenvalue weighted by Gasteiger charge is -2.29. The number of urea groups is 1. The van der Waals surface area contributed by atoms with E-state index in [9.17, 15) is 14.4 Å². The number of para-hydroxylation sites is 1. The molecule has 0 radical (unpaired) electrons. The maximum absolute atomic E-state index is 13.8. The van der Waals surface area contributed by atoms with E-state index in [1.165, 1.54) is 0 Å². The lowest BCUT2D eigenvalue weighted by Crippen LogP contribution is -2.50. The number of carbonyl (C=O) groups is 3. The Labute approximate surface area is 239 Å². The fourth-order valence-corrected chi connectivity index (χ4v) is 5.45. The van der Waals surface area contributed by atoms with Crippen LogP contribution in [0.4, 0.5) is 16.2 Å². The molecular formula is C30H33ClN6O3. The van der Waals surface area contributed by atoms with Crippen molar-refractivity contribution in [1.82, 2.24) is 20.5 Å². The van der Waals surface area contributed by atoms with Crippen LogP contribution < -0.4 is 20.4 Å². The first-order valence-electron chi connectivity index (χ1n) is 13.5. The molecule has 9 nitrogen and oxygen atoms in total. The van der Waals surface area contributed by atoms with E-state index in [0.29, 0.717) is 23.7 Å². The first-order chi connectivity index (χ1) is 19.4. The van der Waals surface area contributed by atoms with Crippen LogP contribution in [0.25, 0.3) is 0 Å². The zero-order chi connectivity index (χ0) is 28.1. The van der Waals surface area contributed by atoms with Gasteiger partial charge >= 0.3 is 6.03 Å². The minimum Gasteiger partial charge on any atom is -0.371 e. The van der Waals surface area contributed by atoms with Gasteiger partial charge in [0.15, 0.2) is 0 Å². The number of aromatic nitrogens is 1. The van der Waals surface area contributed by atoms with E-state index in [4.69, 9.17) is 11.6 Å². The molecule has 0 bridgehead atoms. The summed E-state index contributed by atoms with van der Waals surface area (Å²) in [4.78, 5) is 49.1. The number of pyridine rings is 1. The molecule has 0 aliphatic carbocycles. The highest BCUT2D eigenvalue weighted by Gasteiger charge is 2.32. The van der Waals surface area contributed by atoms with E-state index < -0.39 is 0 Å². The minimum absolute atomic E-state index is 0.161. The van der Waals surface area contributed by atoms with E-state index in [0.717, 1.165) is 48.4 Å². The molecule has 4 amide bonds. The van der Waals surface area contributed by atoms with Gasteiger partial charge in [-0.25, -0.2) is 4.79 Å². The van der Waals surface area contributed by atoms with E-state index in [-0.39, 0.29) is 37.0 Å². The van der Waals surface area contributed by atoms with Gasteiger partial charge in [0.2, 0.25) is 5.91 Å². The predicted molar refractivity (Wildman–Crippen MR) is 156 cm³/mol. The molecule has 1 fully saturated rings. The number of hydrogen-bond acceptors (Lipinski definition) is 5. The summed E-state index contributed by atoms with van der Waals surface area (Å²) in [6.45, 7) is 4.62. The summed E-state index contributed by atoms with van der Waals surface area (Å²) >= 11 is 6.65. The third kappa shape index (κ3) is 6.20. The number of halogens is 1. The van der Waals surface area contributed by atoms with Gasteiger partial charge in [-0.15, -0.1) is 0 Å². The number of hydrogen-bond donors (Lipinski definition) is 2. The lowest BCUT2D eigenvalue weighted by molar-refractivity contribution is -0.120. The Bertz CT molecular complexity index is 1380. The summed E-state index contributed by atoms with van der Waals surface area (Å²) in [5.74, 6) is -0.516. The first-order valence-corrected chi connectivity index (χ1v) is 13.9. The van der Waals surface area contributed by atoms with Crippen LogP contribution in [0.2, 0.25) is 5.02 Å². The predicted octanol–water partition coefficient (Wildman–Crippen LogP) is 4.21. The van der Waals surface area contributed by atoms with Crippen molar-refractivity contribution in [2.45, 2.75) is 38.9 Å². The second-order valence-corrected chi connectivity index (χ2v) is 10.6. The molecular weight excluding hydrogens is 528 g/mol. The van der Waals surface area contributed by atoms with Crippen LogP contribution in [0.5, 0.6) is 0 Å². The van der Waals surface area contributed by atoms with Gasteiger partial charge in [0, 0.05) is 62.5 Å². The van der Waals surface area contributed by atoms with Crippen LogP contribution in [-0.2, 0) is 17.9 Å². The van der Waals surface area contributed by atoms with Crippen molar-refractivity contribution in [3.05, 3.63) is 88.7 Å². The van der Waals surface area contributed by atoms with Crippen LogP contribution >= 0.6 is 11.6 Å². The summed E-state index contributed by atoms with van der Waals surface area (Å²) in [6.07, 6.45) is 5.65. The molecule has 1 atom stereocenters. The molecule has 3 aromatic rings. The molecule has 40 heavy (non-hydrogen) atoms. The van der Waals surface area contributed by atoms with E-state index >= 15 is 0 Å². The second kappa shape index (κ2) is 12.4. The van der Waals surface area contributed by atoms with Crippen LogP contribution in [0.15, 0.2) is 67.0 Å². The smallest absolute Gasteiger partial charge is 0.318 e. The zero-order valence-electron chi connectivity index (χ0n) is 22.5. The number of fused-ring (bicyclic) bond motifs is 1. The normalized spacial score (nSPS) is 16.8. The van der Waals surface area contributed by atoms with E-state index in [1.807, 2.05) is 49.4 Å². The van der Waals surface area contributed by atoms with Crippen LogP contribution in [-0.4, -0.2) is 60.0 Å². The van der Waals surface area contributed by atoms with E-state index in [1.54, 1.807) is 34.3 Å². The highest BCUT2D eigenvalue weighted by atomic mass is 35.5. The summed E-state index contributed by atoms with van der Waals surface area (Å²) in [5, 5.41) is 5.92. The van der Waals surface area contributed by atoms with Gasteiger partial charge in [0.05, 0.1) is 17.1 Å². The van der Waals surface area contributed by atoms with Gasteiger partial charge in [-0.05, 0) is 61.2 Å². The third-order valence-electron chi connectivity index (χ3n) is 7.37. The molecule has 2 N–H and O–H groups in total. The fourth-order valence-electron chi connectivity index (χ4n) is 5.19. The van der Waals surface area contributed by atoms with Crippen molar-refractivity contribution in [3.8, 4) is 0 Å². The fraction of sp³-hybridized carbons (Fsp3) is 0.333. The van der Waals surface area contributed by atoms with Crippen molar-refractivity contribution in [3.63, 3.8) is 0 Å². The maximum Gasteiger partial charge on any atom is 0.318 e. The zero-order valence-corrected chi connectivity index (χ0v) is 23.2. The molecule has 10 heteroatoms. The quantitative estimate of drug-likeness (QED) is 0.471. The number of benzene rings is 2. The maximum atomic E-state index is 13.8. The van der Waals surface area contributed by atoms with Crippen molar-refractivity contribution in [2.75, 3.05) is 36.0 Å². The van der Waals surface area contributed by atoms with Gasteiger partial charge < -0.3 is 25.3 Å². The Morgan fingerprint density at radius 1 is 1.02 bits per heavy atom. The molecule has 3 heterocycles. The standard InChI is InChI=1S/C30H33ClN6O3/c1-21-19-37(29(39)25-11-10-24(15-26(25)31)35-13-4-5-14-35)27-9-3-2-8-23(27)20-36(21)30(40)34-18-28(38)33-17-22-7-6-12-32-16-22/h2-3,6-12,15-16,21H,4-5,13-14,17-20H2,1H3,(H,33,38)(H,34,40)/t21-/m1/s1. The average molecular weight is 561 g/mol. The average Bonchev–Trinajstić information content (AvgIpc) is 3.47. The Kier molecular flexibility index (Phi) is 8.50. The van der Waals surface area contributed by atoms with Gasteiger partial charge in [0.1, 0.15) is 0 Å².